The van der Waals surface area contributed by atoms with Gasteiger partial charge >= 0.3 is 5.97 Å². The highest BCUT2D eigenvalue weighted by Gasteiger charge is 2.57. The minimum atomic E-state index is -0.649. The second-order valence-corrected chi connectivity index (χ2v) is 14.1. The van der Waals surface area contributed by atoms with Crippen molar-refractivity contribution in [3.63, 3.8) is 0 Å². The number of esters is 1. The van der Waals surface area contributed by atoms with Gasteiger partial charge in [-0.3, -0.25) is 0 Å². The zero-order valence-electron chi connectivity index (χ0n) is 29.7. The van der Waals surface area contributed by atoms with E-state index >= 15 is 0 Å². The molecule has 4 aromatic carbocycles. The van der Waals surface area contributed by atoms with E-state index in [1.54, 1.807) is 6.07 Å². The monoisotopic (exact) mass is 657 g/mol. The largest absolute Gasteiger partial charge is 0.494 e. The fourth-order valence-electron chi connectivity index (χ4n) is 7.31. The molecule has 49 heavy (non-hydrogen) atoms. The molecular formula is C44H51NO4. The van der Waals surface area contributed by atoms with E-state index in [9.17, 15) is 4.79 Å². The van der Waals surface area contributed by atoms with Crippen molar-refractivity contribution in [1.82, 2.24) is 0 Å². The first-order valence-electron chi connectivity index (χ1n) is 18.2. The molecule has 5 nitrogen and oxygen atoms in total. The van der Waals surface area contributed by atoms with Crippen LogP contribution in [0.5, 0.6) is 17.2 Å². The van der Waals surface area contributed by atoms with Crippen molar-refractivity contribution >= 4 is 17.7 Å². The summed E-state index contributed by atoms with van der Waals surface area (Å²) in [5.41, 5.74) is 4.98. The van der Waals surface area contributed by atoms with Crippen molar-refractivity contribution in [2.45, 2.75) is 96.1 Å². The number of carbonyl (C=O) groups is 1. The van der Waals surface area contributed by atoms with Gasteiger partial charge in [0.05, 0.1) is 17.6 Å². The molecule has 6 rings (SSSR count). The summed E-state index contributed by atoms with van der Waals surface area (Å²) in [6.45, 7) is 7.46. The summed E-state index contributed by atoms with van der Waals surface area (Å²) >= 11 is 0. The predicted octanol–water partition coefficient (Wildman–Crippen LogP) is 11.4. The number of nitrogens with zero attached hydrogens (tertiary/aromatic N) is 1. The molecule has 1 spiro atoms. The molecule has 0 N–H and O–H groups in total. The van der Waals surface area contributed by atoms with Crippen molar-refractivity contribution in [3.8, 4) is 28.4 Å². The van der Waals surface area contributed by atoms with Gasteiger partial charge in [-0.15, -0.1) is 0 Å². The van der Waals surface area contributed by atoms with Crippen LogP contribution in [0.4, 0.5) is 5.69 Å². The van der Waals surface area contributed by atoms with E-state index in [2.05, 4.69) is 81.3 Å². The van der Waals surface area contributed by atoms with Gasteiger partial charge in [0.15, 0.2) is 0 Å². The van der Waals surface area contributed by atoms with E-state index in [1.165, 1.54) is 63.4 Å². The second kappa shape index (κ2) is 15.4. The Morgan fingerprint density at radius 3 is 2.02 bits per heavy atom. The van der Waals surface area contributed by atoms with Gasteiger partial charge < -0.3 is 19.1 Å². The van der Waals surface area contributed by atoms with Crippen molar-refractivity contribution in [2.75, 3.05) is 18.6 Å². The summed E-state index contributed by atoms with van der Waals surface area (Å²) in [4.78, 5) is 15.3. The molecule has 0 saturated heterocycles. The summed E-state index contributed by atoms with van der Waals surface area (Å²) in [7, 11) is 2.08. The molecule has 4 aromatic rings. The lowest BCUT2D eigenvalue weighted by molar-refractivity contribution is 0.0579. The maximum Gasteiger partial charge on any atom is 0.343 e. The summed E-state index contributed by atoms with van der Waals surface area (Å²) in [5, 5.41) is 0. The third-order valence-electron chi connectivity index (χ3n) is 10.4. The van der Waals surface area contributed by atoms with E-state index in [0.717, 1.165) is 46.9 Å². The minimum absolute atomic E-state index is 0.272. The van der Waals surface area contributed by atoms with Gasteiger partial charge in [0.25, 0.3) is 0 Å². The molecule has 256 valence electrons. The molecule has 0 radical (unpaired) electrons. The fraction of sp³-hybridized carbons (Fsp3) is 0.386. The maximum absolute atomic E-state index is 13.1. The number of hydrogen-bond acceptors (Lipinski definition) is 5. The Labute approximate surface area is 292 Å². The lowest BCUT2D eigenvalue weighted by Gasteiger charge is -2.45. The van der Waals surface area contributed by atoms with E-state index < -0.39 is 11.7 Å². The van der Waals surface area contributed by atoms with E-state index in [1.807, 2.05) is 48.5 Å². The number of unbranched alkanes of at least 4 members (excludes halogenated alkanes) is 9. The molecule has 2 aliphatic heterocycles. The predicted molar refractivity (Wildman–Crippen MR) is 201 cm³/mol. The first-order valence-corrected chi connectivity index (χ1v) is 18.2. The summed E-state index contributed by atoms with van der Waals surface area (Å²) in [6.07, 6.45) is 17.4. The third kappa shape index (κ3) is 7.41. The van der Waals surface area contributed by atoms with Crippen LogP contribution in [0.15, 0.2) is 97.1 Å². The van der Waals surface area contributed by atoms with Crippen molar-refractivity contribution < 1.29 is 19.0 Å². The molecule has 0 aliphatic carbocycles. The Balaban J connectivity index is 0.979. The van der Waals surface area contributed by atoms with Gasteiger partial charge in [-0.25, -0.2) is 4.79 Å². The van der Waals surface area contributed by atoms with E-state index in [0.29, 0.717) is 11.3 Å². The zero-order valence-corrected chi connectivity index (χ0v) is 29.7. The smallest absolute Gasteiger partial charge is 0.343 e. The molecule has 1 atom stereocenters. The van der Waals surface area contributed by atoms with Gasteiger partial charge in [0, 0.05) is 18.3 Å². The molecule has 0 amide bonds. The number of fused-ring (bicyclic) bond motifs is 2. The van der Waals surface area contributed by atoms with Crippen LogP contribution < -0.4 is 19.1 Å². The molecule has 0 saturated carbocycles. The van der Waals surface area contributed by atoms with Crippen LogP contribution in [0.2, 0.25) is 0 Å². The number of benzene rings is 4. The number of carbonyl (C=O) groups excluding carboxylic acids is 1. The molecule has 5 heteroatoms. The van der Waals surface area contributed by atoms with Gasteiger partial charge in [0.1, 0.15) is 17.2 Å². The van der Waals surface area contributed by atoms with Crippen LogP contribution >= 0.6 is 0 Å². The van der Waals surface area contributed by atoms with Crippen molar-refractivity contribution in [2.24, 2.45) is 0 Å². The summed E-state index contributed by atoms with van der Waals surface area (Å²) in [6, 6.07) is 29.7. The van der Waals surface area contributed by atoms with Crippen molar-refractivity contribution in [3.05, 3.63) is 114 Å². The average Bonchev–Trinajstić information content (AvgIpc) is 3.28. The van der Waals surface area contributed by atoms with Crippen LogP contribution in [0.3, 0.4) is 0 Å². The van der Waals surface area contributed by atoms with Crippen LogP contribution in [0.25, 0.3) is 17.2 Å². The third-order valence-corrected chi connectivity index (χ3v) is 10.4. The fourth-order valence-corrected chi connectivity index (χ4v) is 7.31. The van der Waals surface area contributed by atoms with Crippen LogP contribution in [-0.2, 0) is 5.41 Å². The molecule has 2 aliphatic rings. The number of ether oxygens (including phenoxy) is 3. The molecule has 0 aromatic heterocycles. The first-order chi connectivity index (χ1) is 23.8. The Morgan fingerprint density at radius 1 is 0.735 bits per heavy atom. The highest BCUT2D eigenvalue weighted by atomic mass is 16.5. The SMILES string of the molecule is CCCCCCCCCCCCOc1ccc(-c2ccc(C(=O)Oc3ccc4c(c3)C=CC3(O4)N(C)c4ccccc4C3(C)C)cc2)cc1. The number of para-hydroxylation sites is 1. The zero-order chi connectivity index (χ0) is 34.3. The van der Waals surface area contributed by atoms with Gasteiger partial charge in [-0.2, -0.15) is 0 Å². The molecule has 2 heterocycles. The Kier molecular flexibility index (Phi) is 10.8. The quantitative estimate of drug-likeness (QED) is 0.0723. The second-order valence-electron chi connectivity index (χ2n) is 14.1. The Hall–Kier alpha value is -4.51. The molecular weight excluding hydrogens is 606 g/mol. The van der Waals surface area contributed by atoms with Crippen LogP contribution in [0, 0.1) is 0 Å². The minimum Gasteiger partial charge on any atom is -0.494 e. The maximum atomic E-state index is 13.1. The first kappa shape index (κ1) is 34.4. The standard InChI is InChI=1S/C44H51NO4/c1-5-6-7-8-9-10-11-12-13-16-31-47-37-25-23-34(24-26-37)33-19-21-35(22-20-33)42(46)48-38-27-28-41-36(32-38)29-30-44(49-41)43(2,3)39-17-14-15-18-40(39)45(44)4/h14-15,17-30,32H,5-13,16,31H2,1-4H3. The topological polar surface area (TPSA) is 48.0 Å². The van der Waals surface area contributed by atoms with Crippen LogP contribution in [0.1, 0.15) is 106 Å². The van der Waals surface area contributed by atoms with Gasteiger partial charge in [-0.1, -0.05) is 107 Å². The average molecular weight is 658 g/mol. The lowest BCUT2D eigenvalue weighted by Crippen LogP contribution is -2.58. The molecule has 0 bridgehead atoms. The van der Waals surface area contributed by atoms with Gasteiger partial charge in [0.2, 0.25) is 5.72 Å². The Morgan fingerprint density at radius 2 is 1.35 bits per heavy atom. The number of rotatable bonds is 15. The number of anilines is 1. The van der Waals surface area contributed by atoms with Crippen LogP contribution in [-0.4, -0.2) is 25.3 Å². The molecule has 0 fully saturated rings. The summed E-state index contributed by atoms with van der Waals surface area (Å²) in [5.74, 6) is 1.73. The normalized spacial score (nSPS) is 17.0. The summed E-state index contributed by atoms with van der Waals surface area (Å²) < 4.78 is 18.5. The van der Waals surface area contributed by atoms with Gasteiger partial charge in [-0.05, 0) is 97.6 Å². The molecule has 1 unspecified atom stereocenters. The van der Waals surface area contributed by atoms with Crippen molar-refractivity contribution in [1.29, 1.82) is 0 Å². The highest BCUT2D eigenvalue weighted by molar-refractivity contribution is 5.92. The lowest BCUT2D eigenvalue weighted by atomic mass is 9.76. The number of hydrogen-bond donors (Lipinski definition) is 0. The highest BCUT2D eigenvalue weighted by Crippen LogP contribution is 2.54. The van der Waals surface area contributed by atoms with E-state index in [-0.39, 0.29) is 5.41 Å². The van der Waals surface area contributed by atoms with E-state index in [4.69, 9.17) is 14.2 Å². The number of likely N-dealkylation sites (N-methyl/N-ethyl adjacent to an activating group) is 1. The Bertz CT molecular complexity index is 1740.